The van der Waals surface area contributed by atoms with Gasteiger partial charge in [0.15, 0.2) is 0 Å². The van der Waals surface area contributed by atoms with Crippen LogP contribution in [0.15, 0.2) is 0 Å². The van der Waals surface area contributed by atoms with Crippen LogP contribution in [0.25, 0.3) is 0 Å². The van der Waals surface area contributed by atoms with Gasteiger partial charge in [-0.1, -0.05) is 19.3 Å². The molecule has 3 nitrogen and oxygen atoms in total. The molecule has 1 atom stereocenters. The van der Waals surface area contributed by atoms with Gasteiger partial charge in [0.25, 0.3) is 0 Å². The molecular formula is C12H22N2O. The van der Waals surface area contributed by atoms with E-state index in [-0.39, 0.29) is 11.4 Å². The van der Waals surface area contributed by atoms with Gasteiger partial charge in [-0.2, -0.15) is 0 Å². The Morgan fingerprint density at radius 3 is 2.60 bits per heavy atom. The van der Waals surface area contributed by atoms with Crippen LogP contribution in [0.5, 0.6) is 0 Å². The summed E-state index contributed by atoms with van der Waals surface area (Å²) in [6, 6.07) is 0. The molecule has 1 heterocycles. The zero-order chi connectivity index (χ0) is 10.9. The number of amides is 1. The number of rotatable bonds is 1. The number of hydrogen-bond donors (Lipinski definition) is 1. The minimum atomic E-state index is -0.0942. The highest BCUT2D eigenvalue weighted by molar-refractivity contribution is 5.77. The van der Waals surface area contributed by atoms with Gasteiger partial charge in [0.05, 0.1) is 0 Å². The van der Waals surface area contributed by atoms with Crippen LogP contribution < -0.4 is 5.73 Å². The Bertz CT molecular complexity index is 248. The summed E-state index contributed by atoms with van der Waals surface area (Å²) >= 11 is 0. The molecule has 2 fully saturated rings. The SMILES string of the molecule is CN1CC(N)(C2CCCCC2)CCC1=O. The van der Waals surface area contributed by atoms with E-state index < -0.39 is 0 Å². The topological polar surface area (TPSA) is 46.3 Å². The van der Waals surface area contributed by atoms with E-state index in [0.29, 0.717) is 12.3 Å². The van der Waals surface area contributed by atoms with Crippen molar-refractivity contribution in [2.75, 3.05) is 13.6 Å². The van der Waals surface area contributed by atoms with E-state index in [2.05, 4.69) is 0 Å². The van der Waals surface area contributed by atoms with Gasteiger partial charge in [0.2, 0.25) is 5.91 Å². The molecule has 1 saturated heterocycles. The maximum absolute atomic E-state index is 11.4. The quantitative estimate of drug-likeness (QED) is 0.713. The Morgan fingerprint density at radius 1 is 1.33 bits per heavy atom. The number of hydrogen-bond acceptors (Lipinski definition) is 2. The molecule has 0 aromatic carbocycles. The van der Waals surface area contributed by atoms with Crippen molar-refractivity contribution in [1.82, 2.24) is 4.90 Å². The zero-order valence-corrected chi connectivity index (χ0v) is 9.67. The second kappa shape index (κ2) is 4.12. The van der Waals surface area contributed by atoms with Crippen molar-refractivity contribution >= 4 is 5.91 Å². The molecule has 15 heavy (non-hydrogen) atoms. The van der Waals surface area contributed by atoms with Gasteiger partial charge in [-0.15, -0.1) is 0 Å². The average molecular weight is 210 g/mol. The van der Waals surface area contributed by atoms with Crippen LogP contribution in [-0.2, 0) is 4.79 Å². The first-order chi connectivity index (χ1) is 7.12. The molecule has 3 heteroatoms. The lowest BCUT2D eigenvalue weighted by atomic mass is 9.71. The molecule has 0 aromatic heterocycles. The van der Waals surface area contributed by atoms with Crippen molar-refractivity contribution in [2.24, 2.45) is 11.7 Å². The summed E-state index contributed by atoms with van der Waals surface area (Å²) in [4.78, 5) is 13.3. The van der Waals surface area contributed by atoms with Gasteiger partial charge in [-0.3, -0.25) is 4.79 Å². The molecule has 0 aromatic rings. The predicted molar refractivity (Wildman–Crippen MR) is 60.4 cm³/mol. The summed E-state index contributed by atoms with van der Waals surface area (Å²) in [5.41, 5.74) is 6.40. The van der Waals surface area contributed by atoms with E-state index in [1.54, 1.807) is 0 Å². The number of nitrogens with two attached hydrogens (primary N) is 1. The normalized spacial score (nSPS) is 34.5. The largest absolute Gasteiger partial charge is 0.344 e. The second-order valence-electron chi connectivity index (χ2n) is 5.32. The Morgan fingerprint density at radius 2 is 2.00 bits per heavy atom. The first kappa shape index (κ1) is 10.9. The average Bonchev–Trinajstić information content (AvgIpc) is 2.26. The van der Waals surface area contributed by atoms with E-state index in [1.165, 1.54) is 32.1 Å². The smallest absolute Gasteiger partial charge is 0.222 e. The minimum absolute atomic E-state index is 0.0942. The molecule has 2 aliphatic rings. The monoisotopic (exact) mass is 210 g/mol. The number of carbonyl (C=O) groups is 1. The highest BCUT2D eigenvalue weighted by Gasteiger charge is 2.40. The summed E-state index contributed by atoms with van der Waals surface area (Å²) in [6.07, 6.45) is 8.06. The molecule has 1 amide bonds. The highest BCUT2D eigenvalue weighted by Crippen LogP contribution is 2.36. The molecule has 0 spiro atoms. The Labute approximate surface area is 92.0 Å². The first-order valence-electron chi connectivity index (χ1n) is 6.15. The van der Waals surface area contributed by atoms with Crippen LogP contribution in [0.3, 0.4) is 0 Å². The fourth-order valence-electron chi connectivity index (χ4n) is 3.15. The lowest BCUT2D eigenvalue weighted by molar-refractivity contribution is -0.134. The predicted octanol–water partition coefficient (Wildman–Crippen LogP) is 1.52. The van der Waals surface area contributed by atoms with Crippen LogP contribution in [-0.4, -0.2) is 29.9 Å². The Hall–Kier alpha value is -0.570. The fraction of sp³-hybridized carbons (Fsp3) is 0.917. The van der Waals surface area contributed by atoms with Crippen molar-refractivity contribution in [3.05, 3.63) is 0 Å². The third kappa shape index (κ3) is 2.17. The lowest BCUT2D eigenvalue weighted by Crippen LogP contribution is -2.59. The van der Waals surface area contributed by atoms with Gasteiger partial charge in [0, 0.05) is 25.6 Å². The molecule has 0 bridgehead atoms. The Kier molecular flexibility index (Phi) is 3.01. The van der Waals surface area contributed by atoms with Crippen LogP contribution in [0, 0.1) is 5.92 Å². The van der Waals surface area contributed by atoms with E-state index in [4.69, 9.17) is 5.73 Å². The summed E-state index contributed by atoms with van der Waals surface area (Å²) in [5.74, 6) is 0.897. The molecule has 2 N–H and O–H groups in total. The van der Waals surface area contributed by atoms with Crippen LogP contribution >= 0.6 is 0 Å². The molecule has 86 valence electrons. The minimum Gasteiger partial charge on any atom is -0.344 e. The van der Waals surface area contributed by atoms with Gasteiger partial charge in [-0.25, -0.2) is 0 Å². The molecule has 0 radical (unpaired) electrons. The molecular weight excluding hydrogens is 188 g/mol. The summed E-state index contributed by atoms with van der Waals surface area (Å²) in [5, 5.41) is 0. The van der Waals surface area contributed by atoms with Crippen LogP contribution in [0.4, 0.5) is 0 Å². The van der Waals surface area contributed by atoms with Crippen LogP contribution in [0.2, 0.25) is 0 Å². The number of likely N-dealkylation sites (tertiary alicyclic amines) is 1. The van der Waals surface area contributed by atoms with Crippen molar-refractivity contribution in [3.8, 4) is 0 Å². The van der Waals surface area contributed by atoms with Crippen molar-refractivity contribution in [3.63, 3.8) is 0 Å². The van der Waals surface area contributed by atoms with Crippen molar-refractivity contribution in [2.45, 2.75) is 50.5 Å². The molecule has 1 aliphatic carbocycles. The summed E-state index contributed by atoms with van der Waals surface area (Å²) in [7, 11) is 1.88. The number of likely N-dealkylation sites (N-methyl/N-ethyl adjacent to an activating group) is 1. The third-order valence-corrected chi connectivity index (χ3v) is 4.18. The van der Waals surface area contributed by atoms with E-state index >= 15 is 0 Å². The maximum atomic E-state index is 11.4. The highest BCUT2D eigenvalue weighted by atomic mass is 16.2. The molecule has 1 aliphatic heterocycles. The standard InChI is InChI=1S/C12H22N2O/c1-14-9-12(13,8-7-11(14)15)10-5-3-2-4-6-10/h10H,2-9,13H2,1H3. The first-order valence-corrected chi connectivity index (χ1v) is 6.15. The number of piperidine rings is 1. The summed E-state index contributed by atoms with van der Waals surface area (Å²) < 4.78 is 0. The third-order valence-electron chi connectivity index (χ3n) is 4.18. The second-order valence-corrected chi connectivity index (χ2v) is 5.32. The molecule has 1 unspecified atom stereocenters. The Balaban J connectivity index is 2.02. The van der Waals surface area contributed by atoms with Crippen molar-refractivity contribution < 1.29 is 4.79 Å². The molecule has 1 saturated carbocycles. The van der Waals surface area contributed by atoms with Gasteiger partial charge in [0.1, 0.15) is 0 Å². The van der Waals surface area contributed by atoms with Crippen LogP contribution in [0.1, 0.15) is 44.9 Å². The van der Waals surface area contributed by atoms with E-state index in [0.717, 1.165) is 13.0 Å². The molecule has 2 rings (SSSR count). The zero-order valence-electron chi connectivity index (χ0n) is 9.67. The number of nitrogens with zero attached hydrogens (tertiary/aromatic N) is 1. The maximum Gasteiger partial charge on any atom is 0.222 e. The summed E-state index contributed by atoms with van der Waals surface area (Å²) in [6.45, 7) is 0.760. The fourth-order valence-corrected chi connectivity index (χ4v) is 3.15. The van der Waals surface area contributed by atoms with Crippen molar-refractivity contribution in [1.29, 1.82) is 0 Å². The van der Waals surface area contributed by atoms with E-state index in [1.807, 2.05) is 11.9 Å². The van der Waals surface area contributed by atoms with Gasteiger partial charge < -0.3 is 10.6 Å². The number of carbonyl (C=O) groups excluding carboxylic acids is 1. The van der Waals surface area contributed by atoms with Gasteiger partial charge in [-0.05, 0) is 25.2 Å². The van der Waals surface area contributed by atoms with Gasteiger partial charge >= 0.3 is 0 Å². The van der Waals surface area contributed by atoms with E-state index in [9.17, 15) is 4.79 Å². The lowest BCUT2D eigenvalue weighted by Gasteiger charge is -2.45.